The Morgan fingerprint density at radius 2 is 2.16 bits per heavy atom. The maximum Gasteiger partial charge on any atom is 0.0438 e. The molecule has 1 heterocycles. The number of hydrogen-bond donors (Lipinski definition) is 1. The van der Waals surface area contributed by atoms with Gasteiger partial charge in [0.05, 0.1) is 0 Å². The van der Waals surface area contributed by atoms with E-state index in [2.05, 4.69) is 72.0 Å². The summed E-state index contributed by atoms with van der Waals surface area (Å²) >= 11 is 3.66. The standard InChI is InChI=1S/C16H25BrN2/c1-5-13-10-19(16(9-18-13)11(2)3)15-8-6-7-14(17)12(15)4/h6-8,11,13,16,18H,5,9-10H2,1-4H3. The van der Waals surface area contributed by atoms with Crippen molar-refractivity contribution in [3.63, 3.8) is 0 Å². The summed E-state index contributed by atoms with van der Waals surface area (Å²) in [5.41, 5.74) is 2.73. The number of rotatable bonds is 3. The van der Waals surface area contributed by atoms with Gasteiger partial charge in [0.15, 0.2) is 0 Å². The van der Waals surface area contributed by atoms with Crippen molar-refractivity contribution in [2.45, 2.75) is 46.2 Å². The van der Waals surface area contributed by atoms with Crippen LogP contribution in [-0.4, -0.2) is 25.2 Å². The van der Waals surface area contributed by atoms with Crippen molar-refractivity contribution in [1.82, 2.24) is 5.32 Å². The zero-order chi connectivity index (χ0) is 14.0. The van der Waals surface area contributed by atoms with E-state index in [1.807, 2.05) is 0 Å². The lowest BCUT2D eigenvalue weighted by Gasteiger charge is -2.44. The Bertz CT molecular complexity index is 431. The molecule has 2 rings (SSSR count). The summed E-state index contributed by atoms with van der Waals surface area (Å²) < 4.78 is 1.21. The quantitative estimate of drug-likeness (QED) is 0.905. The zero-order valence-electron chi connectivity index (χ0n) is 12.4. The molecule has 1 aromatic rings. The molecule has 1 N–H and O–H groups in total. The topological polar surface area (TPSA) is 15.3 Å². The minimum absolute atomic E-state index is 0.579. The minimum atomic E-state index is 0.579. The Morgan fingerprint density at radius 3 is 2.79 bits per heavy atom. The van der Waals surface area contributed by atoms with Crippen molar-refractivity contribution in [2.24, 2.45) is 5.92 Å². The molecule has 0 radical (unpaired) electrons. The van der Waals surface area contributed by atoms with Crippen LogP contribution >= 0.6 is 15.9 Å². The highest BCUT2D eigenvalue weighted by Crippen LogP contribution is 2.31. The molecule has 1 aliphatic rings. The van der Waals surface area contributed by atoms with Crippen LogP contribution in [0.25, 0.3) is 0 Å². The van der Waals surface area contributed by atoms with Gasteiger partial charge in [-0.05, 0) is 37.0 Å². The lowest BCUT2D eigenvalue weighted by Crippen LogP contribution is -2.58. The molecule has 19 heavy (non-hydrogen) atoms. The molecular formula is C16H25BrN2. The van der Waals surface area contributed by atoms with Gasteiger partial charge in [0.2, 0.25) is 0 Å². The first-order chi connectivity index (χ1) is 9.04. The van der Waals surface area contributed by atoms with Crippen LogP contribution in [0, 0.1) is 12.8 Å². The third-order valence-electron chi connectivity index (χ3n) is 4.24. The number of nitrogens with one attached hydrogen (secondary N) is 1. The average molecular weight is 325 g/mol. The van der Waals surface area contributed by atoms with Crippen LogP contribution in [0.2, 0.25) is 0 Å². The number of hydrogen-bond acceptors (Lipinski definition) is 2. The molecule has 1 aliphatic heterocycles. The summed E-state index contributed by atoms with van der Waals surface area (Å²) in [5.74, 6) is 0.656. The summed E-state index contributed by atoms with van der Waals surface area (Å²) in [4.78, 5) is 2.61. The van der Waals surface area contributed by atoms with Crippen molar-refractivity contribution >= 4 is 21.6 Å². The van der Waals surface area contributed by atoms with E-state index in [1.54, 1.807) is 0 Å². The van der Waals surface area contributed by atoms with Crippen LogP contribution in [0.5, 0.6) is 0 Å². The maximum atomic E-state index is 3.68. The highest BCUT2D eigenvalue weighted by Gasteiger charge is 2.30. The summed E-state index contributed by atoms with van der Waals surface area (Å²) in [6.07, 6.45) is 1.19. The summed E-state index contributed by atoms with van der Waals surface area (Å²) in [7, 11) is 0. The van der Waals surface area contributed by atoms with Gasteiger partial charge >= 0.3 is 0 Å². The Kier molecular flexibility index (Phi) is 4.91. The predicted octanol–water partition coefficient (Wildman–Crippen LogP) is 3.97. The Labute approximate surface area is 125 Å². The number of anilines is 1. The van der Waals surface area contributed by atoms with Gasteiger partial charge in [0.25, 0.3) is 0 Å². The molecule has 106 valence electrons. The largest absolute Gasteiger partial charge is 0.365 e. The first-order valence-electron chi connectivity index (χ1n) is 7.29. The van der Waals surface area contributed by atoms with Crippen LogP contribution in [0.15, 0.2) is 22.7 Å². The Morgan fingerprint density at radius 1 is 1.42 bits per heavy atom. The van der Waals surface area contributed by atoms with Gasteiger partial charge in [-0.25, -0.2) is 0 Å². The molecule has 0 saturated carbocycles. The molecule has 2 atom stereocenters. The van der Waals surface area contributed by atoms with Gasteiger partial charge in [-0.15, -0.1) is 0 Å². The van der Waals surface area contributed by atoms with Crippen molar-refractivity contribution < 1.29 is 0 Å². The number of piperazine rings is 1. The summed E-state index contributed by atoms with van der Waals surface area (Å²) in [5, 5.41) is 3.68. The fraction of sp³-hybridized carbons (Fsp3) is 0.625. The first-order valence-corrected chi connectivity index (χ1v) is 8.09. The fourth-order valence-electron chi connectivity index (χ4n) is 2.89. The predicted molar refractivity (Wildman–Crippen MR) is 86.9 cm³/mol. The molecule has 0 aromatic heterocycles. The lowest BCUT2D eigenvalue weighted by atomic mass is 9.96. The van der Waals surface area contributed by atoms with E-state index in [4.69, 9.17) is 0 Å². The molecule has 0 bridgehead atoms. The maximum absolute atomic E-state index is 3.68. The van der Waals surface area contributed by atoms with Crippen LogP contribution in [0.1, 0.15) is 32.8 Å². The smallest absolute Gasteiger partial charge is 0.0438 e. The molecule has 0 amide bonds. The summed E-state index contributed by atoms with van der Waals surface area (Å²) in [6, 6.07) is 7.72. The highest BCUT2D eigenvalue weighted by molar-refractivity contribution is 9.10. The van der Waals surface area contributed by atoms with Gasteiger partial charge < -0.3 is 10.2 Å². The normalized spacial score (nSPS) is 24.0. The lowest BCUT2D eigenvalue weighted by molar-refractivity contribution is 0.333. The van der Waals surface area contributed by atoms with Crippen LogP contribution < -0.4 is 10.2 Å². The molecule has 1 fully saturated rings. The molecule has 1 saturated heterocycles. The number of halogens is 1. The van der Waals surface area contributed by atoms with Crippen LogP contribution in [-0.2, 0) is 0 Å². The molecular weight excluding hydrogens is 300 g/mol. The number of benzene rings is 1. The molecule has 0 aliphatic carbocycles. The molecule has 0 spiro atoms. The van der Waals surface area contributed by atoms with E-state index >= 15 is 0 Å². The van der Waals surface area contributed by atoms with E-state index in [-0.39, 0.29) is 0 Å². The van der Waals surface area contributed by atoms with Gasteiger partial charge in [0, 0.05) is 35.3 Å². The SMILES string of the molecule is CCC1CN(c2cccc(Br)c2C)C(C(C)C)CN1. The molecule has 2 nitrogen and oxygen atoms in total. The third kappa shape index (κ3) is 3.14. The zero-order valence-corrected chi connectivity index (χ0v) is 14.0. The van der Waals surface area contributed by atoms with E-state index in [0.29, 0.717) is 18.0 Å². The van der Waals surface area contributed by atoms with Crippen molar-refractivity contribution in [1.29, 1.82) is 0 Å². The first kappa shape index (κ1) is 14.9. The van der Waals surface area contributed by atoms with Crippen molar-refractivity contribution in [3.05, 3.63) is 28.2 Å². The Hall–Kier alpha value is -0.540. The molecule has 2 unspecified atom stereocenters. The molecule has 1 aromatic carbocycles. The molecule has 3 heteroatoms. The van der Waals surface area contributed by atoms with Gasteiger partial charge in [-0.1, -0.05) is 42.8 Å². The minimum Gasteiger partial charge on any atom is -0.365 e. The van der Waals surface area contributed by atoms with E-state index in [0.717, 1.165) is 13.1 Å². The Balaban J connectivity index is 2.33. The average Bonchev–Trinajstić information content (AvgIpc) is 2.41. The van der Waals surface area contributed by atoms with Gasteiger partial charge in [-0.3, -0.25) is 0 Å². The monoisotopic (exact) mass is 324 g/mol. The van der Waals surface area contributed by atoms with Crippen molar-refractivity contribution in [3.8, 4) is 0 Å². The van der Waals surface area contributed by atoms with E-state index in [1.165, 1.54) is 22.1 Å². The fourth-order valence-corrected chi connectivity index (χ4v) is 3.24. The summed E-state index contributed by atoms with van der Waals surface area (Å²) in [6.45, 7) is 11.3. The van der Waals surface area contributed by atoms with Gasteiger partial charge in [-0.2, -0.15) is 0 Å². The van der Waals surface area contributed by atoms with E-state index in [9.17, 15) is 0 Å². The van der Waals surface area contributed by atoms with Crippen molar-refractivity contribution in [2.75, 3.05) is 18.0 Å². The van der Waals surface area contributed by atoms with E-state index < -0.39 is 0 Å². The second-order valence-electron chi connectivity index (χ2n) is 5.86. The highest BCUT2D eigenvalue weighted by atomic mass is 79.9. The second-order valence-corrected chi connectivity index (χ2v) is 6.72. The number of nitrogens with zero attached hydrogens (tertiary/aromatic N) is 1. The third-order valence-corrected chi connectivity index (χ3v) is 5.10. The van der Waals surface area contributed by atoms with Gasteiger partial charge in [0.1, 0.15) is 0 Å². The second kappa shape index (κ2) is 6.27. The van der Waals surface area contributed by atoms with Crippen LogP contribution in [0.3, 0.4) is 0 Å². The van der Waals surface area contributed by atoms with Crippen LogP contribution in [0.4, 0.5) is 5.69 Å².